The molecule has 1 N–H and O–H groups in total. The molecule has 0 saturated carbocycles. The van der Waals surface area contributed by atoms with E-state index in [4.69, 9.17) is 4.74 Å². The van der Waals surface area contributed by atoms with E-state index in [1.165, 1.54) is 7.11 Å². The van der Waals surface area contributed by atoms with Crippen LogP contribution < -0.4 is 5.32 Å². The Balaban J connectivity index is 4.17. The monoisotopic (exact) mass is 230 g/mol. The van der Waals surface area contributed by atoms with Gasteiger partial charge in [0.2, 0.25) is 0 Å². The SMILES string of the molecule is COC(=O)C(CC(C)(C)C)NCCN(C)C. The van der Waals surface area contributed by atoms with Gasteiger partial charge in [-0.25, -0.2) is 0 Å². The summed E-state index contributed by atoms with van der Waals surface area (Å²) in [7, 11) is 5.46. The number of methoxy groups -OCH3 is 1. The molecule has 1 unspecified atom stereocenters. The second-order valence-electron chi connectivity index (χ2n) is 5.60. The highest BCUT2D eigenvalue weighted by Gasteiger charge is 2.24. The van der Waals surface area contributed by atoms with Gasteiger partial charge < -0.3 is 15.0 Å². The molecule has 96 valence electrons. The number of hydrogen-bond donors (Lipinski definition) is 1. The summed E-state index contributed by atoms with van der Waals surface area (Å²) in [6, 6.07) is -0.204. The Kier molecular flexibility index (Phi) is 6.60. The Morgan fingerprint density at radius 3 is 2.31 bits per heavy atom. The van der Waals surface area contributed by atoms with Crippen molar-refractivity contribution < 1.29 is 9.53 Å². The fourth-order valence-electron chi connectivity index (χ4n) is 1.46. The maximum atomic E-state index is 11.6. The summed E-state index contributed by atoms with van der Waals surface area (Å²) in [4.78, 5) is 13.6. The largest absolute Gasteiger partial charge is 0.468 e. The standard InChI is InChI=1S/C12H26N2O2/c1-12(2,3)9-10(11(15)16-6)13-7-8-14(4)5/h10,13H,7-9H2,1-6H3. The van der Waals surface area contributed by atoms with Crippen molar-refractivity contribution in [2.45, 2.75) is 33.2 Å². The third-order valence-electron chi connectivity index (χ3n) is 2.25. The van der Waals surface area contributed by atoms with Gasteiger partial charge in [0.05, 0.1) is 7.11 Å². The van der Waals surface area contributed by atoms with Crippen LogP contribution in [0.3, 0.4) is 0 Å². The first-order chi connectivity index (χ1) is 7.26. The normalized spacial score (nSPS) is 13.9. The second-order valence-corrected chi connectivity index (χ2v) is 5.60. The van der Waals surface area contributed by atoms with Crippen molar-refractivity contribution in [3.05, 3.63) is 0 Å². The van der Waals surface area contributed by atoms with Gasteiger partial charge in [0.15, 0.2) is 0 Å². The summed E-state index contributed by atoms with van der Waals surface area (Å²) in [6.45, 7) is 8.07. The molecule has 0 rings (SSSR count). The molecule has 0 aromatic heterocycles. The molecule has 0 aliphatic heterocycles. The predicted molar refractivity (Wildman–Crippen MR) is 66.4 cm³/mol. The number of nitrogens with zero attached hydrogens (tertiary/aromatic N) is 1. The molecule has 0 aromatic rings. The summed E-state index contributed by atoms with van der Waals surface area (Å²) in [5, 5.41) is 3.24. The van der Waals surface area contributed by atoms with E-state index in [0.29, 0.717) is 0 Å². The van der Waals surface area contributed by atoms with Crippen LogP contribution in [0.2, 0.25) is 0 Å². The smallest absolute Gasteiger partial charge is 0.322 e. The molecule has 16 heavy (non-hydrogen) atoms. The highest BCUT2D eigenvalue weighted by Crippen LogP contribution is 2.21. The molecule has 0 heterocycles. The number of likely N-dealkylation sites (N-methyl/N-ethyl adjacent to an activating group) is 1. The summed E-state index contributed by atoms with van der Waals surface area (Å²) in [5.74, 6) is -0.173. The van der Waals surface area contributed by atoms with Gasteiger partial charge in [0.25, 0.3) is 0 Å². The van der Waals surface area contributed by atoms with Crippen molar-refractivity contribution in [1.82, 2.24) is 10.2 Å². The molecule has 4 heteroatoms. The van der Waals surface area contributed by atoms with Crippen LogP contribution in [0.5, 0.6) is 0 Å². The van der Waals surface area contributed by atoms with Crippen molar-refractivity contribution >= 4 is 5.97 Å². The van der Waals surface area contributed by atoms with Gasteiger partial charge >= 0.3 is 5.97 Å². The van der Waals surface area contributed by atoms with Crippen molar-refractivity contribution in [1.29, 1.82) is 0 Å². The maximum Gasteiger partial charge on any atom is 0.322 e. The minimum atomic E-state index is -0.204. The molecule has 0 aliphatic carbocycles. The molecule has 0 spiro atoms. The number of hydrogen-bond acceptors (Lipinski definition) is 4. The third kappa shape index (κ3) is 7.65. The Morgan fingerprint density at radius 1 is 1.38 bits per heavy atom. The van der Waals surface area contributed by atoms with E-state index in [9.17, 15) is 4.79 Å². The lowest BCUT2D eigenvalue weighted by Gasteiger charge is -2.25. The summed E-state index contributed by atoms with van der Waals surface area (Å²) >= 11 is 0. The number of carbonyl (C=O) groups is 1. The number of nitrogens with one attached hydrogen (secondary N) is 1. The van der Waals surface area contributed by atoms with E-state index in [2.05, 4.69) is 31.0 Å². The summed E-state index contributed by atoms with van der Waals surface area (Å²) < 4.78 is 4.80. The molecule has 4 nitrogen and oxygen atoms in total. The van der Waals surface area contributed by atoms with E-state index in [1.54, 1.807) is 0 Å². The van der Waals surface area contributed by atoms with E-state index < -0.39 is 0 Å². The van der Waals surface area contributed by atoms with Gasteiger partial charge in [0.1, 0.15) is 6.04 Å². The van der Waals surface area contributed by atoms with Crippen LogP contribution >= 0.6 is 0 Å². The first-order valence-corrected chi connectivity index (χ1v) is 5.72. The summed E-state index contributed by atoms with van der Waals surface area (Å²) in [5.41, 5.74) is 0.115. The van der Waals surface area contributed by atoms with Crippen LogP contribution in [-0.2, 0) is 9.53 Å². The van der Waals surface area contributed by atoms with E-state index in [1.807, 2.05) is 14.1 Å². The molecule has 0 aromatic carbocycles. The first-order valence-electron chi connectivity index (χ1n) is 5.72. The molecule has 0 bridgehead atoms. The van der Waals surface area contributed by atoms with Crippen molar-refractivity contribution in [2.75, 3.05) is 34.3 Å². The molecule has 0 aliphatic rings. The van der Waals surface area contributed by atoms with Gasteiger partial charge in [0, 0.05) is 13.1 Å². The maximum absolute atomic E-state index is 11.6. The minimum Gasteiger partial charge on any atom is -0.468 e. The molecular formula is C12H26N2O2. The molecule has 0 saturated heterocycles. The fraction of sp³-hybridized carbons (Fsp3) is 0.917. The second kappa shape index (κ2) is 6.86. The lowest BCUT2D eigenvalue weighted by Crippen LogP contribution is -2.43. The quantitative estimate of drug-likeness (QED) is 0.694. The van der Waals surface area contributed by atoms with E-state index >= 15 is 0 Å². The topological polar surface area (TPSA) is 41.6 Å². The minimum absolute atomic E-state index is 0.115. The number of carbonyl (C=O) groups excluding carboxylic acids is 1. The third-order valence-corrected chi connectivity index (χ3v) is 2.25. The zero-order valence-electron chi connectivity index (χ0n) is 11.5. The lowest BCUT2D eigenvalue weighted by molar-refractivity contribution is -0.144. The highest BCUT2D eigenvalue weighted by atomic mass is 16.5. The molecule has 0 radical (unpaired) electrons. The van der Waals surface area contributed by atoms with Crippen LogP contribution in [0.15, 0.2) is 0 Å². The van der Waals surface area contributed by atoms with Crippen molar-refractivity contribution in [3.63, 3.8) is 0 Å². The Bertz CT molecular complexity index is 210. The van der Waals surface area contributed by atoms with E-state index in [-0.39, 0.29) is 17.4 Å². The molecule has 1 atom stereocenters. The molecular weight excluding hydrogens is 204 g/mol. The average molecular weight is 230 g/mol. The van der Waals surface area contributed by atoms with Crippen LogP contribution in [0.1, 0.15) is 27.2 Å². The lowest BCUT2D eigenvalue weighted by atomic mass is 9.88. The van der Waals surface area contributed by atoms with Gasteiger partial charge in [-0.05, 0) is 25.9 Å². The van der Waals surface area contributed by atoms with Crippen LogP contribution in [0.25, 0.3) is 0 Å². The van der Waals surface area contributed by atoms with Gasteiger partial charge in [-0.1, -0.05) is 20.8 Å². The van der Waals surface area contributed by atoms with Crippen molar-refractivity contribution in [2.24, 2.45) is 5.41 Å². The van der Waals surface area contributed by atoms with Crippen LogP contribution in [0, 0.1) is 5.41 Å². The average Bonchev–Trinajstić information content (AvgIpc) is 2.12. The highest BCUT2D eigenvalue weighted by molar-refractivity contribution is 5.75. The Labute approximate surface area is 99.3 Å². The van der Waals surface area contributed by atoms with Gasteiger partial charge in [-0.15, -0.1) is 0 Å². The molecule has 0 amide bonds. The fourth-order valence-corrected chi connectivity index (χ4v) is 1.46. The summed E-state index contributed by atoms with van der Waals surface area (Å²) in [6.07, 6.45) is 0.785. The van der Waals surface area contributed by atoms with E-state index in [0.717, 1.165) is 19.5 Å². The zero-order valence-corrected chi connectivity index (χ0v) is 11.5. The van der Waals surface area contributed by atoms with Gasteiger partial charge in [-0.3, -0.25) is 4.79 Å². The van der Waals surface area contributed by atoms with Gasteiger partial charge in [-0.2, -0.15) is 0 Å². The molecule has 0 fully saturated rings. The van der Waals surface area contributed by atoms with Crippen LogP contribution in [0.4, 0.5) is 0 Å². The number of rotatable bonds is 6. The number of esters is 1. The predicted octanol–water partition coefficient (Wildman–Crippen LogP) is 1.12. The Morgan fingerprint density at radius 2 is 1.94 bits per heavy atom. The Hall–Kier alpha value is -0.610. The van der Waals surface area contributed by atoms with Crippen molar-refractivity contribution in [3.8, 4) is 0 Å². The van der Waals surface area contributed by atoms with Crippen LogP contribution in [-0.4, -0.2) is 51.2 Å². The zero-order chi connectivity index (χ0) is 12.8. The number of ether oxygens (including phenoxy) is 1. The first kappa shape index (κ1) is 15.4.